The van der Waals surface area contributed by atoms with Gasteiger partial charge in [0.15, 0.2) is 0 Å². The van der Waals surface area contributed by atoms with E-state index in [-0.39, 0.29) is 5.82 Å². The molecule has 0 aromatic heterocycles. The van der Waals surface area contributed by atoms with Crippen molar-refractivity contribution in [3.8, 4) is 11.5 Å². The summed E-state index contributed by atoms with van der Waals surface area (Å²) in [7, 11) is 0. The molecule has 0 spiro atoms. The van der Waals surface area contributed by atoms with Gasteiger partial charge in [0.1, 0.15) is 17.3 Å². The van der Waals surface area contributed by atoms with Crippen molar-refractivity contribution >= 4 is 0 Å². The Kier molecular flexibility index (Phi) is 5.03. The van der Waals surface area contributed by atoms with E-state index in [1.807, 2.05) is 29.3 Å². The molecule has 0 unspecified atom stereocenters. The molecule has 0 bridgehead atoms. The zero-order valence-corrected chi connectivity index (χ0v) is 12.5. The first-order chi connectivity index (χ1) is 10.8. The summed E-state index contributed by atoms with van der Waals surface area (Å²) in [5, 5.41) is 2.05. The van der Waals surface area contributed by atoms with E-state index in [1.54, 1.807) is 12.1 Å². The summed E-state index contributed by atoms with van der Waals surface area (Å²) in [5.74, 6) is 1.09. The number of benzene rings is 2. The van der Waals surface area contributed by atoms with E-state index in [1.165, 1.54) is 31.4 Å². The lowest BCUT2D eigenvalue weighted by atomic mass is 10.2. The van der Waals surface area contributed by atoms with Gasteiger partial charge in [0, 0.05) is 13.1 Å². The fourth-order valence-corrected chi connectivity index (χ4v) is 2.45. The van der Waals surface area contributed by atoms with Crippen LogP contribution in [0.25, 0.3) is 0 Å². The van der Waals surface area contributed by atoms with Gasteiger partial charge in [-0.3, -0.25) is 4.84 Å². The van der Waals surface area contributed by atoms with Gasteiger partial charge in [0.05, 0.1) is 6.61 Å². The van der Waals surface area contributed by atoms with Crippen LogP contribution in [0.15, 0.2) is 48.5 Å². The van der Waals surface area contributed by atoms with Crippen LogP contribution in [0.2, 0.25) is 0 Å². The van der Waals surface area contributed by atoms with Crippen LogP contribution in [0.1, 0.15) is 24.8 Å². The first kappa shape index (κ1) is 15.0. The SMILES string of the molecule is Fc1ccc(Oc2ccc(CON3CCCCC3)cc2)cc1. The van der Waals surface area contributed by atoms with Crippen LogP contribution < -0.4 is 4.74 Å². The van der Waals surface area contributed by atoms with Crippen molar-refractivity contribution in [1.29, 1.82) is 0 Å². The predicted molar refractivity (Wildman–Crippen MR) is 83.1 cm³/mol. The van der Waals surface area contributed by atoms with E-state index in [9.17, 15) is 4.39 Å². The van der Waals surface area contributed by atoms with Crippen molar-refractivity contribution in [2.24, 2.45) is 0 Å². The second-order valence-electron chi connectivity index (χ2n) is 5.46. The molecule has 3 nitrogen and oxygen atoms in total. The molecule has 0 saturated carbocycles. The Morgan fingerprint density at radius 2 is 1.41 bits per heavy atom. The van der Waals surface area contributed by atoms with Gasteiger partial charge in [-0.15, -0.1) is 0 Å². The largest absolute Gasteiger partial charge is 0.457 e. The highest BCUT2D eigenvalue weighted by molar-refractivity contribution is 5.32. The first-order valence-electron chi connectivity index (χ1n) is 7.70. The predicted octanol–water partition coefficient (Wildman–Crippen LogP) is 4.54. The molecule has 2 aromatic rings. The summed E-state index contributed by atoms with van der Waals surface area (Å²) in [4.78, 5) is 5.79. The summed E-state index contributed by atoms with van der Waals surface area (Å²) in [6.07, 6.45) is 3.73. The molecule has 0 atom stereocenters. The number of hydroxylamine groups is 2. The van der Waals surface area contributed by atoms with Crippen molar-refractivity contribution in [2.45, 2.75) is 25.9 Å². The highest BCUT2D eigenvalue weighted by Crippen LogP contribution is 2.22. The molecule has 0 amide bonds. The van der Waals surface area contributed by atoms with Crippen molar-refractivity contribution in [2.75, 3.05) is 13.1 Å². The number of hydrogen-bond donors (Lipinski definition) is 0. The van der Waals surface area contributed by atoms with Crippen LogP contribution in [-0.4, -0.2) is 18.2 Å². The van der Waals surface area contributed by atoms with Gasteiger partial charge in [-0.1, -0.05) is 18.6 Å². The van der Waals surface area contributed by atoms with Crippen LogP contribution in [0.5, 0.6) is 11.5 Å². The minimum absolute atomic E-state index is 0.266. The highest BCUT2D eigenvalue weighted by Gasteiger charge is 2.10. The lowest BCUT2D eigenvalue weighted by Crippen LogP contribution is -2.29. The van der Waals surface area contributed by atoms with Gasteiger partial charge in [-0.2, -0.15) is 5.06 Å². The summed E-state index contributed by atoms with van der Waals surface area (Å²) >= 11 is 0. The van der Waals surface area contributed by atoms with Gasteiger partial charge in [0.25, 0.3) is 0 Å². The molecule has 4 heteroatoms. The molecule has 2 aromatic carbocycles. The lowest BCUT2D eigenvalue weighted by Gasteiger charge is -2.25. The molecule has 0 radical (unpaired) electrons. The quantitative estimate of drug-likeness (QED) is 0.809. The number of ether oxygens (including phenoxy) is 1. The van der Waals surface area contributed by atoms with Crippen LogP contribution in [0.3, 0.4) is 0 Å². The van der Waals surface area contributed by atoms with Gasteiger partial charge < -0.3 is 4.74 Å². The van der Waals surface area contributed by atoms with Crippen LogP contribution in [0, 0.1) is 5.82 Å². The summed E-state index contributed by atoms with van der Waals surface area (Å²) < 4.78 is 18.5. The number of hydrogen-bond acceptors (Lipinski definition) is 3. The average Bonchev–Trinajstić information content (AvgIpc) is 2.57. The fourth-order valence-electron chi connectivity index (χ4n) is 2.45. The Morgan fingerprint density at radius 1 is 0.818 bits per heavy atom. The Balaban J connectivity index is 1.52. The van der Waals surface area contributed by atoms with Crippen molar-refractivity contribution in [3.63, 3.8) is 0 Å². The minimum Gasteiger partial charge on any atom is -0.457 e. The smallest absolute Gasteiger partial charge is 0.127 e. The van der Waals surface area contributed by atoms with Gasteiger partial charge in [0.2, 0.25) is 0 Å². The Hall–Kier alpha value is -1.91. The topological polar surface area (TPSA) is 21.7 Å². The summed E-state index contributed by atoms with van der Waals surface area (Å²) in [6.45, 7) is 2.62. The van der Waals surface area contributed by atoms with Crippen LogP contribution in [-0.2, 0) is 11.4 Å². The minimum atomic E-state index is -0.266. The molecule has 1 fully saturated rings. The molecule has 116 valence electrons. The Morgan fingerprint density at radius 3 is 2.05 bits per heavy atom. The second-order valence-corrected chi connectivity index (χ2v) is 5.46. The molecular formula is C18H20FNO2. The monoisotopic (exact) mass is 301 g/mol. The third-order valence-electron chi connectivity index (χ3n) is 3.70. The van der Waals surface area contributed by atoms with Crippen molar-refractivity contribution in [1.82, 2.24) is 5.06 Å². The van der Waals surface area contributed by atoms with Gasteiger partial charge >= 0.3 is 0 Å². The zero-order valence-electron chi connectivity index (χ0n) is 12.5. The molecule has 1 saturated heterocycles. The molecule has 1 aliphatic heterocycles. The second kappa shape index (κ2) is 7.38. The lowest BCUT2D eigenvalue weighted by molar-refractivity contribution is -0.178. The van der Waals surface area contributed by atoms with Crippen molar-refractivity contribution < 1.29 is 14.0 Å². The highest BCUT2D eigenvalue weighted by atomic mass is 19.1. The third kappa shape index (κ3) is 4.29. The Labute approximate surface area is 130 Å². The number of halogens is 1. The Bertz CT molecular complexity index is 577. The fraction of sp³-hybridized carbons (Fsp3) is 0.333. The third-order valence-corrected chi connectivity index (χ3v) is 3.70. The average molecular weight is 301 g/mol. The molecule has 3 rings (SSSR count). The molecule has 1 heterocycles. The van der Waals surface area contributed by atoms with Crippen LogP contribution in [0.4, 0.5) is 4.39 Å². The standard InChI is InChI=1S/C18H20FNO2/c19-16-6-10-18(11-7-16)22-17-8-4-15(5-9-17)14-21-20-12-2-1-3-13-20/h4-11H,1-3,12-14H2. The maximum Gasteiger partial charge on any atom is 0.127 e. The number of rotatable bonds is 5. The zero-order chi connectivity index (χ0) is 15.2. The van der Waals surface area contributed by atoms with E-state index in [0.717, 1.165) is 24.4 Å². The maximum atomic E-state index is 12.8. The molecule has 0 N–H and O–H groups in total. The maximum absolute atomic E-state index is 12.8. The van der Waals surface area contributed by atoms with Crippen molar-refractivity contribution in [3.05, 3.63) is 59.9 Å². The van der Waals surface area contributed by atoms with Gasteiger partial charge in [-0.25, -0.2) is 4.39 Å². The van der Waals surface area contributed by atoms with E-state index in [0.29, 0.717) is 12.4 Å². The molecule has 1 aliphatic rings. The summed E-state index contributed by atoms with van der Waals surface area (Å²) in [6, 6.07) is 13.8. The normalized spacial score (nSPS) is 15.7. The summed E-state index contributed by atoms with van der Waals surface area (Å²) in [5.41, 5.74) is 1.11. The van der Waals surface area contributed by atoms with E-state index < -0.39 is 0 Å². The molecule has 0 aliphatic carbocycles. The van der Waals surface area contributed by atoms with E-state index in [2.05, 4.69) is 0 Å². The van der Waals surface area contributed by atoms with E-state index >= 15 is 0 Å². The van der Waals surface area contributed by atoms with E-state index in [4.69, 9.17) is 9.57 Å². The van der Waals surface area contributed by atoms with Crippen LogP contribution >= 0.6 is 0 Å². The number of piperidine rings is 1. The molecule has 22 heavy (non-hydrogen) atoms. The first-order valence-corrected chi connectivity index (χ1v) is 7.70. The number of nitrogens with zero attached hydrogens (tertiary/aromatic N) is 1. The molecular weight excluding hydrogens is 281 g/mol. The van der Waals surface area contributed by atoms with Gasteiger partial charge in [-0.05, 0) is 54.8 Å².